The molecule has 0 bridgehead atoms. The van der Waals surface area contributed by atoms with Crippen LogP contribution in [0.25, 0.3) is 0 Å². The third kappa shape index (κ3) is 5.31. The lowest BCUT2D eigenvalue weighted by Crippen LogP contribution is -2.53. The van der Waals surface area contributed by atoms with Gasteiger partial charge in [0.1, 0.15) is 5.60 Å². The summed E-state index contributed by atoms with van der Waals surface area (Å²) in [6.07, 6.45) is -0.329. The van der Waals surface area contributed by atoms with Crippen molar-refractivity contribution in [2.75, 3.05) is 39.8 Å². The minimum atomic E-state index is -0.552. The molecule has 9 nitrogen and oxygen atoms in total. The first-order valence-corrected chi connectivity index (χ1v) is 10.7. The number of piperazine rings is 1. The number of hydrogen-bond donors (Lipinski definition) is 2. The topological polar surface area (TPSA) is 100 Å². The van der Waals surface area contributed by atoms with E-state index in [2.05, 4.69) is 15.5 Å². The Labute approximate surface area is 180 Å². The minimum Gasteiger partial charge on any atom is -0.466 e. The molecule has 2 aliphatic rings. The van der Waals surface area contributed by atoms with Gasteiger partial charge in [0.25, 0.3) is 0 Å². The van der Waals surface area contributed by atoms with Gasteiger partial charge in [-0.3, -0.25) is 4.90 Å². The van der Waals surface area contributed by atoms with Gasteiger partial charge in [-0.15, -0.1) is 11.3 Å². The molecule has 1 saturated heterocycles. The van der Waals surface area contributed by atoms with E-state index in [1.165, 1.54) is 18.4 Å². The molecular formula is C20H28N4O5S. The Kier molecular flexibility index (Phi) is 6.67. The van der Waals surface area contributed by atoms with Gasteiger partial charge >= 0.3 is 18.1 Å². The second-order valence-electron chi connectivity index (χ2n) is 8.17. The van der Waals surface area contributed by atoms with Crippen molar-refractivity contribution in [2.45, 2.75) is 32.4 Å². The maximum Gasteiger partial charge on any atom is 0.410 e. The third-order valence-electron chi connectivity index (χ3n) is 4.79. The number of nitrogens with one attached hydrogen (secondary N) is 2. The lowest BCUT2D eigenvalue weighted by molar-refractivity contribution is -0.136. The molecule has 164 valence electrons. The zero-order chi connectivity index (χ0) is 21.9. The van der Waals surface area contributed by atoms with Crippen molar-refractivity contribution >= 4 is 29.4 Å². The molecule has 3 heterocycles. The molecule has 2 aliphatic heterocycles. The molecule has 0 spiro atoms. The average Bonchev–Trinajstić information content (AvgIpc) is 3.21. The molecule has 0 aliphatic carbocycles. The second-order valence-corrected chi connectivity index (χ2v) is 9.15. The minimum absolute atomic E-state index is 0.329. The summed E-state index contributed by atoms with van der Waals surface area (Å²) < 4.78 is 10.4. The summed E-state index contributed by atoms with van der Waals surface area (Å²) in [6.45, 7) is 8.12. The summed E-state index contributed by atoms with van der Waals surface area (Å²) in [5.41, 5.74) is 0.383. The highest BCUT2D eigenvalue weighted by molar-refractivity contribution is 7.10. The van der Waals surface area contributed by atoms with Crippen LogP contribution in [-0.4, -0.2) is 73.3 Å². The van der Waals surface area contributed by atoms with E-state index in [-0.39, 0.29) is 12.1 Å². The fourth-order valence-corrected chi connectivity index (χ4v) is 4.19. The SMILES string of the molecule is COC(=O)C1=C(CN2CCN(C(=O)OC(C)(C)C)CC2)NC(=O)NC1c1cccs1. The Morgan fingerprint density at radius 1 is 1.23 bits per heavy atom. The van der Waals surface area contributed by atoms with E-state index in [4.69, 9.17) is 9.47 Å². The quantitative estimate of drug-likeness (QED) is 0.701. The molecule has 1 aromatic rings. The molecule has 3 rings (SSSR count). The van der Waals surface area contributed by atoms with Gasteiger partial charge in [-0.25, -0.2) is 14.4 Å². The molecule has 3 amide bonds. The van der Waals surface area contributed by atoms with E-state index < -0.39 is 17.6 Å². The van der Waals surface area contributed by atoms with Crippen LogP contribution in [0.2, 0.25) is 0 Å². The zero-order valence-electron chi connectivity index (χ0n) is 17.7. The van der Waals surface area contributed by atoms with E-state index in [9.17, 15) is 14.4 Å². The highest BCUT2D eigenvalue weighted by atomic mass is 32.1. The molecule has 0 radical (unpaired) electrons. The molecular weight excluding hydrogens is 408 g/mol. The lowest BCUT2D eigenvalue weighted by Gasteiger charge is -2.37. The van der Waals surface area contributed by atoms with Gasteiger partial charge in [0, 0.05) is 43.3 Å². The maximum absolute atomic E-state index is 12.6. The Balaban J connectivity index is 1.73. The van der Waals surface area contributed by atoms with Crippen molar-refractivity contribution < 1.29 is 23.9 Å². The van der Waals surface area contributed by atoms with Crippen molar-refractivity contribution in [3.63, 3.8) is 0 Å². The standard InChI is InChI=1S/C20H28N4O5S/c1-20(2,3)29-19(27)24-9-7-23(8-10-24)12-13-15(17(25)28-4)16(22-18(26)21-13)14-6-5-11-30-14/h5-6,11,16H,7-10,12H2,1-4H3,(H2,21,22,26). The number of esters is 1. The fraction of sp³-hybridized carbons (Fsp3) is 0.550. The van der Waals surface area contributed by atoms with Gasteiger partial charge in [0.05, 0.1) is 18.7 Å². The molecule has 0 saturated carbocycles. The molecule has 10 heteroatoms. The van der Waals surface area contributed by atoms with Crippen LogP contribution in [-0.2, 0) is 14.3 Å². The van der Waals surface area contributed by atoms with Crippen molar-refractivity contribution in [3.8, 4) is 0 Å². The summed E-state index contributed by atoms with van der Waals surface area (Å²) in [4.78, 5) is 41.7. The Hall–Kier alpha value is -2.59. The number of carbonyl (C=O) groups excluding carboxylic acids is 3. The van der Waals surface area contributed by atoms with Crippen LogP contribution < -0.4 is 10.6 Å². The summed E-state index contributed by atoms with van der Waals surface area (Å²) >= 11 is 1.46. The van der Waals surface area contributed by atoms with Crippen LogP contribution >= 0.6 is 11.3 Å². The highest BCUT2D eigenvalue weighted by Gasteiger charge is 2.35. The third-order valence-corrected chi connectivity index (χ3v) is 5.73. The summed E-state index contributed by atoms with van der Waals surface area (Å²) in [6, 6.07) is 2.84. The number of thiophene rings is 1. The summed E-state index contributed by atoms with van der Waals surface area (Å²) in [5.74, 6) is -0.483. The van der Waals surface area contributed by atoms with E-state index in [1.807, 2.05) is 38.3 Å². The number of methoxy groups -OCH3 is 1. The largest absolute Gasteiger partial charge is 0.466 e. The van der Waals surface area contributed by atoms with Crippen LogP contribution in [0.4, 0.5) is 9.59 Å². The molecule has 1 aromatic heterocycles. The number of amides is 3. The van der Waals surface area contributed by atoms with E-state index >= 15 is 0 Å². The van der Waals surface area contributed by atoms with Crippen LogP contribution in [0.5, 0.6) is 0 Å². The van der Waals surface area contributed by atoms with Gasteiger partial charge in [-0.1, -0.05) is 6.07 Å². The van der Waals surface area contributed by atoms with E-state index in [1.54, 1.807) is 4.90 Å². The normalized spacial score (nSPS) is 20.5. The number of nitrogens with zero attached hydrogens (tertiary/aromatic N) is 2. The first kappa shape index (κ1) is 22.1. The molecule has 1 atom stereocenters. The van der Waals surface area contributed by atoms with Gasteiger partial charge in [-0.2, -0.15) is 0 Å². The number of hydrogen-bond acceptors (Lipinski definition) is 7. The Morgan fingerprint density at radius 3 is 2.50 bits per heavy atom. The Bertz CT molecular complexity index is 823. The molecule has 30 heavy (non-hydrogen) atoms. The van der Waals surface area contributed by atoms with Crippen molar-refractivity contribution in [1.82, 2.24) is 20.4 Å². The Morgan fingerprint density at radius 2 is 1.93 bits per heavy atom. The number of carbonyl (C=O) groups is 3. The number of ether oxygens (including phenoxy) is 2. The van der Waals surface area contributed by atoms with Crippen LogP contribution in [0.1, 0.15) is 31.7 Å². The van der Waals surface area contributed by atoms with Gasteiger partial charge in [-0.05, 0) is 32.2 Å². The maximum atomic E-state index is 12.6. The smallest absolute Gasteiger partial charge is 0.410 e. The first-order valence-electron chi connectivity index (χ1n) is 9.80. The van der Waals surface area contributed by atoms with Crippen LogP contribution in [0, 0.1) is 0 Å². The van der Waals surface area contributed by atoms with Gasteiger partial charge in [0.2, 0.25) is 0 Å². The highest BCUT2D eigenvalue weighted by Crippen LogP contribution is 2.30. The van der Waals surface area contributed by atoms with Crippen LogP contribution in [0.3, 0.4) is 0 Å². The number of rotatable bonds is 4. The van der Waals surface area contributed by atoms with E-state index in [0.29, 0.717) is 44.0 Å². The summed E-state index contributed by atoms with van der Waals surface area (Å²) in [7, 11) is 1.33. The van der Waals surface area contributed by atoms with Gasteiger partial charge < -0.3 is 25.0 Å². The van der Waals surface area contributed by atoms with Crippen molar-refractivity contribution in [1.29, 1.82) is 0 Å². The molecule has 1 fully saturated rings. The average molecular weight is 437 g/mol. The lowest BCUT2D eigenvalue weighted by atomic mass is 10.0. The summed E-state index contributed by atoms with van der Waals surface area (Å²) in [5, 5.41) is 7.48. The molecule has 2 N–H and O–H groups in total. The van der Waals surface area contributed by atoms with Crippen molar-refractivity contribution in [3.05, 3.63) is 33.7 Å². The molecule has 0 aromatic carbocycles. The second kappa shape index (κ2) is 9.05. The van der Waals surface area contributed by atoms with E-state index in [0.717, 1.165) is 4.88 Å². The first-order chi connectivity index (χ1) is 14.2. The number of urea groups is 1. The zero-order valence-corrected chi connectivity index (χ0v) is 18.5. The van der Waals surface area contributed by atoms with Crippen LogP contribution in [0.15, 0.2) is 28.8 Å². The monoisotopic (exact) mass is 436 g/mol. The predicted molar refractivity (Wildman–Crippen MR) is 112 cm³/mol. The predicted octanol–water partition coefficient (Wildman–Crippen LogP) is 2.08. The van der Waals surface area contributed by atoms with Gasteiger partial charge in [0.15, 0.2) is 0 Å². The molecule has 1 unspecified atom stereocenters. The van der Waals surface area contributed by atoms with Crippen molar-refractivity contribution in [2.24, 2.45) is 0 Å². The fourth-order valence-electron chi connectivity index (χ4n) is 3.40.